The van der Waals surface area contributed by atoms with Crippen molar-refractivity contribution in [3.8, 4) is 0 Å². The molecule has 0 unspecified atom stereocenters. The van der Waals surface area contributed by atoms with Gasteiger partial charge in [0, 0.05) is 25.1 Å². The Labute approximate surface area is 140 Å². The van der Waals surface area contributed by atoms with Gasteiger partial charge in [0.05, 0.1) is 11.8 Å². The van der Waals surface area contributed by atoms with Gasteiger partial charge in [0.25, 0.3) is 0 Å². The third kappa shape index (κ3) is 2.75. The normalized spacial score (nSPS) is 30.6. The Balaban J connectivity index is 1.22. The van der Waals surface area contributed by atoms with Crippen molar-refractivity contribution in [3.05, 3.63) is 29.3 Å². The van der Waals surface area contributed by atoms with E-state index in [1.807, 2.05) is 13.0 Å². The molecule has 0 bridgehead atoms. The first kappa shape index (κ1) is 14.6. The van der Waals surface area contributed by atoms with Crippen LogP contribution in [-0.2, 0) is 11.3 Å². The maximum absolute atomic E-state index is 6.26. The summed E-state index contributed by atoms with van der Waals surface area (Å²) in [6.45, 7) is 4.74. The van der Waals surface area contributed by atoms with Gasteiger partial charge in [0.1, 0.15) is 11.9 Å². The molecule has 0 radical (unpaired) electrons. The Morgan fingerprint density at radius 2 is 2.08 bits per heavy atom. The molecular formula is C17H22N4O3. The summed E-state index contributed by atoms with van der Waals surface area (Å²) < 4.78 is 17.3. The smallest absolute Gasteiger partial charge is 0.245 e. The molecule has 2 saturated heterocycles. The summed E-state index contributed by atoms with van der Waals surface area (Å²) in [5.41, 5.74) is 0.992. The fourth-order valence-electron chi connectivity index (χ4n) is 3.89. The third-order valence-electron chi connectivity index (χ3n) is 5.36. The molecule has 3 atom stereocenters. The zero-order valence-electron chi connectivity index (χ0n) is 13.9. The average molecular weight is 330 g/mol. The second-order valence-corrected chi connectivity index (χ2v) is 7.36. The lowest BCUT2D eigenvalue weighted by atomic mass is 9.91. The molecule has 128 valence electrons. The van der Waals surface area contributed by atoms with Gasteiger partial charge in [-0.2, -0.15) is 0 Å². The average Bonchev–Trinajstić information content (AvgIpc) is 2.98. The van der Waals surface area contributed by atoms with Crippen molar-refractivity contribution in [1.29, 1.82) is 0 Å². The molecule has 4 heterocycles. The maximum atomic E-state index is 6.26. The minimum atomic E-state index is -0.0331. The Morgan fingerprint density at radius 3 is 2.88 bits per heavy atom. The molecule has 0 amide bonds. The monoisotopic (exact) mass is 330 g/mol. The van der Waals surface area contributed by atoms with Crippen LogP contribution >= 0.6 is 0 Å². The van der Waals surface area contributed by atoms with Gasteiger partial charge in [-0.25, -0.2) is 0 Å². The summed E-state index contributed by atoms with van der Waals surface area (Å²) in [5.74, 6) is 3.41. The van der Waals surface area contributed by atoms with Gasteiger partial charge in [-0.3, -0.25) is 4.90 Å². The van der Waals surface area contributed by atoms with E-state index in [1.165, 1.54) is 12.8 Å². The molecule has 3 aliphatic rings. The van der Waals surface area contributed by atoms with E-state index in [2.05, 4.69) is 20.3 Å². The van der Waals surface area contributed by atoms with Crippen LogP contribution in [0.4, 0.5) is 0 Å². The van der Waals surface area contributed by atoms with E-state index >= 15 is 0 Å². The van der Waals surface area contributed by atoms with E-state index in [4.69, 9.17) is 13.7 Å². The van der Waals surface area contributed by atoms with E-state index in [0.717, 1.165) is 49.8 Å². The predicted molar refractivity (Wildman–Crippen MR) is 83.1 cm³/mol. The molecule has 1 saturated carbocycles. The van der Waals surface area contributed by atoms with Crippen LogP contribution in [0.25, 0.3) is 0 Å². The second kappa shape index (κ2) is 5.67. The highest BCUT2D eigenvalue weighted by Gasteiger charge is 2.42. The van der Waals surface area contributed by atoms with Crippen molar-refractivity contribution in [2.75, 3.05) is 13.1 Å². The summed E-state index contributed by atoms with van der Waals surface area (Å²) in [6, 6.07) is 2.00. The number of nitrogens with zero attached hydrogens (tertiary/aromatic N) is 4. The van der Waals surface area contributed by atoms with E-state index in [1.54, 1.807) is 0 Å². The molecular weight excluding hydrogens is 308 g/mol. The van der Waals surface area contributed by atoms with Crippen LogP contribution in [0, 0.1) is 12.8 Å². The van der Waals surface area contributed by atoms with Gasteiger partial charge in [-0.05, 0) is 45.1 Å². The third-order valence-corrected chi connectivity index (χ3v) is 5.36. The zero-order chi connectivity index (χ0) is 16.1. The molecule has 1 aliphatic carbocycles. The molecule has 2 aliphatic heterocycles. The first-order valence-corrected chi connectivity index (χ1v) is 8.88. The second-order valence-electron chi connectivity index (χ2n) is 7.36. The zero-order valence-corrected chi connectivity index (χ0v) is 13.9. The Hall–Kier alpha value is -1.73. The molecule has 5 rings (SSSR count). The number of hydrogen-bond donors (Lipinski definition) is 0. The van der Waals surface area contributed by atoms with Gasteiger partial charge in [0.15, 0.2) is 0 Å². The summed E-state index contributed by atoms with van der Waals surface area (Å²) in [7, 11) is 0. The summed E-state index contributed by atoms with van der Waals surface area (Å²) >= 11 is 0. The number of rotatable bonds is 4. The quantitative estimate of drug-likeness (QED) is 0.852. The van der Waals surface area contributed by atoms with Crippen molar-refractivity contribution in [3.63, 3.8) is 0 Å². The minimum absolute atomic E-state index is 0.0331. The molecule has 24 heavy (non-hydrogen) atoms. The lowest BCUT2D eigenvalue weighted by Crippen LogP contribution is -2.41. The number of fused-ring (bicyclic) bond motifs is 1. The lowest BCUT2D eigenvalue weighted by Gasteiger charge is -2.33. The van der Waals surface area contributed by atoms with Crippen LogP contribution in [0.1, 0.15) is 60.9 Å². The number of ether oxygens (including phenoxy) is 1. The molecule has 2 aromatic rings. The molecule has 0 N–H and O–H groups in total. The minimum Gasteiger partial charge on any atom is -0.422 e. The highest BCUT2D eigenvalue weighted by molar-refractivity contribution is 5.05. The maximum Gasteiger partial charge on any atom is 0.245 e. The van der Waals surface area contributed by atoms with Gasteiger partial charge < -0.3 is 13.7 Å². The van der Waals surface area contributed by atoms with E-state index < -0.39 is 0 Å². The highest BCUT2D eigenvalue weighted by atomic mass is 16.5. The van der Waals surface area contributed by atoms with E-state index in [-0.39, 0.29) is 12.2 Å². The largest absolute Gasteiger partial charge is 0.422 e. The van der Waals surface area contributed by atoms with Gasteiger partial charge in [0.2, 0.25) is 11.8 Å². The molecule has 7 nitrogen and oxygen atoms in total. The first-order chi connectivity index (χ1) is 11.7. The van der Waals surface area contributed by atoms with Crippen molar-refractivity contribution in [2.24, 2.45) is 5.92 Å². The molecule has 0 aromatic carbocycles. The van der Waals surface area contributed by atoms with Gasteiger partial charge >= 0.3 is 0 Å². The van der Waals surface area contributed by atoms with Crippen molar-refractivity contribution < 1.29 is 13.7 Å². The summed E-state index contributed by atoms with van der Waals surface area (Å²) in [4.78, 5) is 2.39. The molecule has 0 spiro atoms. The number of hydrogen-bond acceptors (Lipinski definition) is 7. The molecule has 7 heteroatoms. The summed E-state index contributed by atoms with van der Waals surface area (Å²) in [5, 5.41) is 12.5. The van der Waals surface area contributed by atoms with Crippen molar-refractivity contribution in [2.45, 2.75) is 57.3 Å². The fourth-order valence-corrected chi connectivity index (χ4v) is 3.89. The number of piperidine rings is 1. The lowest BCUT2D eigenvalue weighted by molar-refractivity contribution is -0.0181. The number of aromatic nitrogens is 3. The highest BCUT2D eigenvalue weighted by Crippen LogP contribution is 2.43. The SMILES string of the molecule is Cc1cc(CN2CC[C@@H]3C[C@H](c4nnc(C5CC5)o4)O[C@H]3C2)no1. The van der Waals surface area contributed by atoms with Crippen LogP contribution in [0.2, 0.25) is 0 Å². The van der Waals surface area contributed by atoms with Crippen molar-refractivity contribution in [1.82, 2.24) is 20.3 Å². The topological polar surface area (TPSA) is 77.4 Å². The molecule has 3 fully saturated rings. The van der Waals surface area contributed by atoms with Crippen LogP contribution in [0.15, 0.2) is 15.0 Å². The Morgan fingerprint density at radius 1 is 1.21 bits per heavy atom. The Bertz CT molecular complexity index is 723. The van der Waals surface area contributed by atoms with E-state index in [0.29, 0.717) is 17.7 Å². The van der Waals surface area contributed by atoms with Crippen molar-refractivity contribution >= 4 is 0 Å². The number of likely N-dealkylation sites (tertiary alicyclic amines) is 1. The summed E-state index contributed by atoms with van der Waals surface area (Å²) in [6.07, 6.45) is 4.70. The van der Waals surface area contributed by atoms with Gasteiger partial charge in [-0.15, -0.1) is 10.2 Å². The fraction of sp³-hybridized carbons (Fsp3) is 0.706. The van der Waals surface area contributed by atoms with Crippen LogP contribution in [-0.4, -0.2) is 39.4 Å². The Kier molecular flexibility index (Phi) is 3.45. The van der Waals surface area contributed by atoms with Crippen LogP contribution in [0.3, 0.4) is 0 Å². The molecule has 2 aromatic heterocycles. The van der Waals surface area contributed by atoms with Crippen LogP contribution in [0.5, 0.6) is 0 Å². The van der Waals surface area contributed by atoms with E-state index in [9.17, 15) is 0 Å². The first-order valence-electron chi connectivity index (χ1n) is 8.88. The van der Waals surface area contributed by atoms with Gasteiger partial charge in [-0.1, -0.05) is 5.16 Å². The predicted octanol–water partition coefficient (Wildman–Crippen LogP) is 2.60. The standard InChI is InChI=1S/C17H22N4O3/c1-10-6-13(20-24-10)8-21-5-4-12-7-14(22-15(12)9-21)17-19-18-16(23-17)11-2-3-11/h6,11-12,14-15H,2-5,7-9H2,1H3/t12-,14-,15+/m1/s1. The number of aryl methyl sites for hydroxylation is 1. The van der Waals surface area contributed by atoms with Crippen LogP contribution < -0.4 is 0 Å².